The number of nitrogens with zero attached hydrogens (tertiary/aromatic N) is 3. The summed E-state index contributed by atoms with van der Waals surface area (Å²) < 4.78 is 11.1. The van der Waals surface area contributed by atoms with Crippen molar-refractivity contribution in [3.05, 3.63) is 59.9 Å². The van der Waals surface area contributed by atoms with Gasteiger partial charge in [0.1, 0.15) is 23.7 Å². The summed E-state index contributed by atoms with van der Waals surface area (Å²) in [4.78, 5) is 12.7. The van der Waals surface area contributed by atoms with E-state index >= 15 is 0 Å². The number of hydrogen-bond acceptors (Lipinski definition) is 7. The SMILES string of the molecule is C=CCc1cc(Cc2cnc(N)nc2N)c2cccnc2c1OCCOC. The molecule has 0 radical (unpaired) electrons. The van der Waals surface area contributed by atoms with Gasteiger partial charge in [0.25, 0.3) is 0 Å². The predicted octanol–water partition coefficient (Wildman–Crippen LogP) is 2.53. The Morgan fingerprint density at radius 3 is 2.74 bits per heavy atom. The van der Waals surface area contributed by atoms with Crippen molar-refractivity contribution in [2.45, 2.75) is 12.8 Å². The highest BCUT2D eigenvalue weighted by molar-refractivity contribution is 5.89. The molecule has 0 aliphatic rings. The lowest BCUT2D eigenvalue weighted by atomic mass is 9.96. The summed E-state index contributed by atoms with van der Waals surface area (Å²) in [6.45, 7) is 4.81. The van der Waals surface area contributed by atoms with E-state index in [1.807, 2.05) is 18.2 Å². The van der Waals surface area contributed by atoms with Gasteiger partial charge >= 0.3 is 0 Å². The summed E-state index contributed by atoms with van der Waals surface area (Å²) in [5, 5.41) is 0.994. The molecule has 27 heavy (non-hydrogen) atoms. The van der Waals surface area contributed by atoms with Crippen LogP contribution < -0.4 is 16.2 Å². The standard InChI is InChI=1S/C20H23N5O2/c1-3-5-13-10-14(11-15-12-24-20(22)25-19(15)21)16-6-4-7-23-17(16)18(13)27-9-8-26-2/h3-4,6-7,10,12H,1,5,8-9,11H2,2H3,(H4,21,22,24,25). The Hall–Kier alpha value is -3.19. The minimum absolute atomic E-state index is 0.164. The van der Waals surface area contributed by atoms with E-state index < -0.39 is 0 Å². The highest BCUT2D eigenvalue weighted by Gasteiger charge is 2.15. The van der Waals surface area contributed by atoms with Gasteiger partial charge in [0.2, 0.25) is 5.95 Å². The van der Waals surface area contributed by atoms with E-state index in [2.05, 4.69) is 27.6 Å². The monoisotopic (exact) mass is 365 g/mol. The molecular weight excluding hydrogens is 342 g/mol. The molecule has 3 aromatic rings. The number of fused-ring (bicyclic) bond motifs is 1. The van der Waals surface area contributed by atoms with Crippen LogP contribution in [0.2, 0.25) is 0 Å². The van der Waals surface area contributed by atoms with Crippen LogP contribution in [0.15, 0.2) is 43.2 Å². The number of hydrogen-bond donors (Lipinski definition) is 2. The van der Waals surface area contributed by atoms with Gasteiger partial charge in [-0.1, -0.05) is 18.2 Å². The highest BCUT2D eigenvalue weighted by atomic mass is 16.5. The number of nitrogens with two attached hydrogens (primary N) is 2. The maximum Gasteiger partial charge on any atom is 0.221 e. The molecule has 0 aliphatic carbocycles. The summed E-state index contributed by atoms with van der Waals surface area (Å²) in [5.41, 5.74) is 15.3. The molecule has 1 aromatic carbocycles. The van der Waals surface area contributed by atoms with Crippen LogP contribution in [0.5, 0.6) is 5.75 Å². The van der Waals surface area contributed by atoms with Gasteiger partial charge in [-0.25, -0.2) is 4.98 Å². The van der Waals surface area contributed by atoms with Gasteiger partial charge in [-0.15, -0.1) is 6.58 Å². The smallest absolute Gasteiger partial charge is 0.221 e. The topological polar surface area (TPSA) is 109 Å². The Morgan fingerprint density at radius 2 is 2.00 bits per heavy atom. The molecule has 0 atom stereocenters. The van der Waals surface area contributed by atoms with Crippen LogP contribution in [0.4, 0.5) is 11.8 Å². The van der Waals surface area contributed by atoms with E-state index in [0.717, 1.165) is 33.3 Å². The van der Waals surface area contributed by atoms with Crippen molar-refractivity contribution in [2.75, 3.05) is 31.8 Å². The third-order valence-electron chi connectivity index (χ3n) is 4.20. The molecular formula is C20H23N5O2. The van der Waals surface area contributed by atoms with E-state index in [-0.39, 0.29) is 5.95 Å². The molecule has 0 spiro atoms. The molecule has 0 saturated carbocycles. The number of ether oxygens (including phenoxy) is 2. The quantitative estimate of drug-likeness (QED) is 0.466. The van der Waals surface area contributed by atoms with Gasteiger partial charge in [0, 0.05) is 42.4 Å². The summed E-state index contributed by atoms with van der Waals surface area (Å²) in [6.07, 6.45) is 6.49. The molecule has 140 valence electrons. The molecule has 0 bridgehead atoms. The van der Waals surface area contributed by atoms with Crippen molar-refractivity contribution < 1.29 is 9.47 Å². The summed E-state index contributed by atoms with van der Waals surface area (Å²) >= 11 is 0. The zero-order valence-corrected chi connectivity index (χ0v) is 15.3. The van der Waals surface area contributed by atoms with E-state index in [1.165, 1.54) is 0 Å². The second-order valence-corrected chi connectivity index (χ2v) is 6.07. The number of anilines is 2. The number of nitrogen functional groups attached to an aromatic ring is 2. The van der Waals surface area contributed by atoms with Crippen molar-refractivity contribution in [3.8, 4) is 5.75 Å². The highest BCUT2D eigenvalue weighted by Crippen LogP contribution is 2.33. The normalized spacial score (nSPS) is 10.9. The lowest BCUT2D eigenvalue weighted by molar-refractivity contribution is 0.146. The van der Waals surface area contributed by atoms with Crippen LogP contribution in [0.25, 0.3) is 10.9 Å². The minimum atomic E-state index is 0.164. The van der Waals surface area contributed by atoms with Gasteiger partial charge in [0.15, 0.2) is 0 Å². The molecule has 0 amide bonds. The van der Waals surface area contributed by atoms with Gasteiger partial charge in [-0.3, -0.25) is 4.98 Å². The fourth-order valence-electron chi connectivity index (χ4n) is 2.97. The third-order valence-corrected chi connectivity index (χ3v) is 4.20. The molecule has 7 nitrogen and oxygen atoms in total. The summed E-state index contributed by atoms with van der Waals surface area (Å²) in [5.74, 6) is 1.30. The Balaban J connectivity index is 2.09. The van der Waals surface area contributed by atoms with E-state index in [1.54, 1.807) is 19.5 Å². The van der Waals surface area contributed by atoms with Crippen LogP contribution in [-0.4, -0.2) is 35.3 Å². The molecule has 0 fully saturated rings. The van der Waals surface area contributed by atoms with Crippen molar-refractivity contribution in [1.82, 2.24) is 15.0 Å². The second-order valence-electron chi connectivity index (χ2n) is 6.07. The van der Waals surface area contributed by atoms with Crippen LogP contribution in [0.1, 0.15) is 16.7 Å². The fourth-order valence-corrected chi connectivity index (χ4v) is 2.97. The van der Waals surface area contributed by atoms with E-state index in [4.69, 9.17) is 20.9 Å². The lowest BCUT2D eigenvalue weighted by Gasteiger charge is -2.16. The Bertz CT molecular complexity index is 959. The van der Waals surface area contributed by atoms with Crippen molar-refractivity contribution in [2.24, 2.45) is 0 Å². The fraction of sp³-hybridized carbons (Fsp3) is 0.250. The first-order valence-electron chi connectivity index (χ1n) is 8.63. The number of benzene rings is 1. The van der Waals surface area contributed by atoms with Crippen LogP contribution >= 0.6 is 0 Å². The Labute approximate surface area is 158 Å². The second kappa shape index (κ2) is 8.46. The van der Waals surface area contributed by atoms with Crippen LogP contribution in [-0.2, 0) is 17.6 Å². The van der Waals surface area contributed by atoms with E-state index in [0.29, 0.717) is 31.9 Å². The first kappa shape index (κ1) is 18.6. The van der Waals surface area contributed by atoms with Gasteiger partial charge < -0.3 is 20.9 Å². The zero-order chi connectivity index (χ0) is 19.2. The molecule has 0 unspecified atom stereocenters. The maximum atomic E-state index is 6.02. The number of methoxy groups -OCH3 is 1. The summed E-state index contributed by atoms with van der Waals surface area (Å²) in [6, 6.07) is 6.03. The average Bonchev–Trinajstić information content (AvgIpc) is 2.66. The van der Waals surface area contributed by atoms with Crippen molar-refractivity contribution >= 4 is 22.7 Å². The number of pyridine rings is 1. The van der Waals surface area contributed by atoms with Crippen molar-refractivity contribution in [3.63, 3.8) is 0 Å². The molecule has 2 heterocycles. The third kappa shape index (κ3) is 4.15. The maximum absolute atomic E-state index is 6.02. The van der Waals surface area contributed by atoms with Crippen molar-refractivity contribution in [1.29, 1.82) is 0 Å². The molecule has 0 aliphatic heterocycles. The molecule has 3 rings (SSSR count). The predicted molar refractivity (Wildman–Crippen MR) is 107 cm³/mol. The number of aromatic nitrogens is 3. The van der Waals surface area contributed by atoms with Crippen LogP contribution in [0, 0.1) is 0 Å². The summed E-state index contributed by atoms with van der Waals surface area (Å²) in [7, 11) is 1.65. The lowest BCUT2D eigenvalue weighted by Crippen LogP contribution is -2.08. The minimum Gasteiger partial charge on any atom is -0.489 e. The first-order valence-corrected chi connectivity index (χ1v) is 8.63. The van der Waals surface area contributed by atoms with Gasteiger partial charge in [-0.2, -0.15) is 4.98 Å². The van der Waals surface area contributed by atoms with Gasteiger partial charge in [0.05, 0.1) is 6.61 Å². The zero-order valence-electron chi connectivity index (χ0n) is 15.3. The average molecular weight is 365 g/mol. The largest absolute Gasteiger partial charge is 0.489 e. The molecule has 2 aromatic heterocycles. The van der Waals surface area contributed by atoms with E-state index in [9.17, 15) is 0 Å². The first-order chi connectivity index (χ1) is 13.1. The molecule has 4 N–H and O–H groups in total. The number of rotatable bonds is 8. The Kier molecular flexibility index (Phi) is 5.83. The molecule has 0 saturated heterocycles. The molecule has 7 heteroatoms. The van der Waals surface area contributed by atoms with Crippen LogP contribution in [0.3, 0.4) is 0 Å². The number of allylic oxidation sites excluding steroid dienone is 1. The van der Waals surface area contributed by atoms with Gasteiger partial charge in [-0.05, 0) is 18.1 Å². The Morgan fingerprint density at radius 1 is 1.15 bits per heavy atom.